The van der Waals surface area contributed by atoms with Crippen LogP contribution in [-0.4, -0.2) is 50.8 Å². The summed E-state index contributed by atoms with van der Waals surface area (Å²) in [6.07, 6.45) is 1.77. The minimum atomic E-state index is -0.453. The Bertz CT molecular complexity index is 1500. The molecule has 2 unspecified atom stereocenters. The van der Waals surface area contributed by atoms with E-state index in [2.05, 4.69) is 88.7 Å². The lowest BCUT2D eigenvalue weighted by Crippen LogP contribution is -2.44. The fraction of sp³-hybridized carbons (Fsp3) is 0.306. The van der Waals surface area contributed by atoms with Crippen LogP contribution in [0.2, 0.25) is 0 Å². The van der Waals surface area contributed by atoms with Gasteiger partial charge in [-0.2, -0.15) is 0 Å². The van der Waals surface area contributed by atoms with Gasteiger partial charge < -0.3 is 24.8 Å². The van der Waals surface area contributed by atoms with Crippen molar-refractivity contribution in [2.24, 2.45) is 5.73 Å². The fourth-order valence-electron chi connectivity index (χ4n) is 6.27. The molecule has 1 amide bonds. The summed E-state index contributed by atoms with van der Waals surface area (Å²) in [7, 11) is 1.72. The minimum Gasteiger partial charge on any atom is -0.497 e. The van der Waals surface area contributed by atoms with Crippen molar-refractivity contribution in [3.8, 4) is 11.5 Å². The smallest absolute Gasteiger partial charge is 0.239 e. The zero-order valence-electron chi connectivity index (χ0n) is 24.7. The van der Waals surface area contributed by atoms with Crippen molar-refractivity contribution < 1.29 is 19.0 Å². The number of rotatable bonds is 10. The summed E-state index contributed by atoms with van der Waals surface area (Å²) in [5.41, 5.74) is 12.9. The van der Waals surface area contributed by atoms with Crippen molar-refractivity contribution in [1.29, 1.82) is 0 Å². The predicted molar refractivity (Wildman–Crippen MR) is 168 cm³/mol. The maximum atomic E-state index is 12.5. The van der Waals surface area contributed by atoms with Crippen molar-refractivity contribution in [2.75, 3.05) is 44.9 Å². The van der Waals surface area contributed by atoms with Crippen LogP contribution in [-0.2, 0) is 29.0 Å². The molecule has 0 aromatic heterocycles. The first-order chi connectivity index (χ1) is 21.1. The molecule has 43 heavy (non-hydrogen) atoms. The molecular formula is C36H39N3O4. The SMILES string of the molecule is COc1ccc2c(c1)CCN(c1ccc(C(C(N)=O)N3CCOCC3)cc1)C2Cc1ccc(OCc2ccccc2)cc1. The fourth-order valence-corrected chi connectivity index (χ4v) is 6.27. The number of hydrogen-bond acceptors (Lipinski definition) is 6. The highest BCUT2D eigenvalue weighted by Gasteiger charge is 2.30. The van der Waals surface area contributed by atoms with Gasteiger partial charge in [0.05, 0.1) is 26.4 Å². The first-order valence-electron chi connectivity index (χ1n) is 15.0. The first-order valence-corrected chi connectivity index (χ1v) is 15.0. The van der Waals surface area contributed by atoms with Crippen LogP contribution in [0.25, 0.3) is 0 Å². The monoisotopic (exact) mass is 577 g/mol. The van der Waals surface area contributed by atoms with Crippen LogP contribution in [0.3, 0.4) is 0 Å². The highest BCUT2D eigenvalue weighted by atomic mass is 16.5. The summed E-state index contributed by atoms with van der Waals surface area (Å²) in [6.45, 7) is 4.04. The second kappa shape index (κ2) is 13.3. The summed E-state index contributed by atoms with van der Waals surface area (Å²) in [5, 5.41) is 0. The zero-order valence-corrected chi connectivity index (χ0v) is 24.7. The Balaban J connectivity index is 1.23. The highest BCUT2D eigenvalue weighted by Crippen LogP contribution is 2.38. The number of carbonyl (C=O) groups excluding carboxylic acids is 1. The van der Waals surface area contributed by atoms with Gasteiger partial charge in [0.15, 0.2) is 0 Å². The molecule has 2 heterocycles. The molecule has 0 saturated carbocycles. The number of amides is 1. The van der Waals surface area contributed by atoms with Gasteiger partial charge in [0.2, 0.25) is 5.91 Å². The lowest BCUT2D eigenvalue weighted by Gasteiger charge is -2.40. The van der Waals surface area contributed by atoms with Crippen molar-refractivity contribution in [1.82, 2.24) is 4.90 Å². The number of fused-ring (bicyclic) bond motifs is 1. The summed E-state index contributed by atoms with van der Waals surface area (Å²) < 4.78 is 17.1. The number of nitrogens with two attached hydrogens (primary N) is 1. The highest BCUT2D eigenvalue weighted by molar-refractivity contribution is 5.81. The average Bonchev–Trinajstić information content (AvgIpc) is 3.05. The predicted octanol–water partition coefficient (Wildman–Crippen LogP) is 5.48. The third kappa shape index (κ3) is 6.69. The molecule has 0 radical (unpaired) electrons. The number of ether oxygens (including phenoxy) is 3. The van der Waals surface area contributed by atoms with Gasteiger partial charge in [0, 0.05) is 25.3 Å². The number of anilines is 1. The molecule has 2 atom stereocenters. The standard InChI is InChI=1S/C36H39N3O4/c1-41-32-15-16-33-29(24-32)17-18-39(30-11-9-28(10-12-30)35(36(37)40)38-19-21-42-22-20-38)34(33)23-26-7-13-31(14-8-26)43-25-27-5-3-2-4-6-27/h2-16,24,34-35H,17-23,25H2,1H3,(H2,37,40). The summed E-state index contributed by atoms with van der Waals surface area (Å²) >= 11 is 0. The number of morpholine rings is 1. The van der Waals surface area contributed by atoms with E-state index in [0.717, 1.165) is 47.7 Å². The van der Waals surface area contributed by atoms with Crippen LogP contribution >= 0.6 is 0 Å². The molecule has 0 spiro atoms. The van der Waals surface area contributed by atoms with E-state index in [9.17, 15) is 4.79 Å². The van der Waals surface area contributed by atoms with E-state index in [-0.39, 0.29) is 11.9 Å². The molecular weight excluding hydrogens is 538 g/mol. The normalized spacial score (nSPS) is 17.6. The molecule has 7 nitrogen and oxygen atoms in total. The van der Waals surface area contributed by atoms with Gasteiger partial charge in [-0.3, -0.25) is 9.69 Å². The molecule has 4 aromatic carbocycles. The van der Waals surface area contributed by atoms with Crippen LogP contribution in [0.1, 0.15) is 39.9 Å². The largest absolute Gasteiger partial charge is 0.497 e. The number of carbonyl (C=O) groups is 1. The summed E-state index contributed by atoms with van der Waals surface area (Å²) in [4.78, 5) is 17.1. The summed E-state index contributed by atoms with van der Waals surface area (Å²) in [6, 6.07) is 33.2. The van der Waals surface area contributed by atoms with Gasteiger partial charge in [-0.05, 0) is 77.1 Å². The Hall–Kier alpha value is -4.33. The van der Waals surface area contributed by atoms with E-state index in [4.69, 9.17) is 19.9 Å². The Morgan fingerprint density at radius 1 is 0.884 bits per heavy atom. The van der Waals surface area contributed by atoms with E-state index >= 15 is 0 Å². The third-order valence-electron chi connectivity index (χ3n) is 8.53. The summed E-state index contributed by atoms with van der Waals surface area (Å²) in [5.74, 6) is 1.42. The number of nitrogens with zero attached hydrogens (tertiary/aromatic N) is 2. The molecule has 0 bridgehead atoms. The Kier molecular flexibility index (Phi) is 8.91. The van der Waals surface area contributed by atoms with Gasteiger partial charge in [-0.1, -0.05) is 60.7 Å². The van der Waals surface area contributed by atoms with Crippen molar-refractivity contribution in [3.63, 3.8) is 0 Å². The molecule has 4 aromatic rings. The van der Waals surface area contributed by atoms with Gasteiger partial charge in [-0.15, -0.1) is 0 Å². The quantitative estimate of drug-likeness (QED) is 0.269. The molecule has 0 aliphatic carbocycles. The second-order valence-electron chi connectivity index (χ2n) is 11.2. The second-order valence-corrected chi connectivity index (χ2v) is 11.2. The molecule has 1 fully saturated rings. The Labute approximate surface area is 253 Å². The van der Waals surface area contributed by atoms with Crippen molar-refractivity contribution >= 4 is 11.6 Å². The molecule has 7 heteroatoms. The Morgan fingerprint density at radius 2 is 1.60 bits per heavy atom. The third-order valence-corrected chi connectivity index (χ3v) is 8.53. The molecule has 222 valence electrons. The van der Waals surface area contributed by atoms with Gasteiger partial charge in [0.25, 0.3) is 0 Å². The zero-order chi connectivity index (χ0) is 29.6. The maximum absolute atomic E-state index is 12.5. The lowest BCUT2D eigenvalue weighted by molar-refractivity contribution is -0.125. The minimum absolute atomic E-state index is 0.141. The van der Waals surface area contributed by atoms with Crippen LogP contribution in [0.15, 0.2) is 97.1 Å². The van der Waals surface area contributed by atoms with Gasteiger partial charge >= 0.3 is 0 Å². The number of methoxy groups -OCH3 is 1. The number of benzene rings is 4. The molecule has 2 aliphatic rings. The maximum Gasteiger partial charge on any atom is 0.239 e. The van der Waals surface area contributed by atoms with Crippen LogP contribution in [0.4, 0.5) is 5.69 Å². The van der Waals surface area contributed by atoms with E-state index in [0.29, 0.717) is 32.9 Å². The van der Waals surface area contributed by atoms with E-state index < -0.39 is 6.04 Å². The number of hydrogen-bond donors (Lipinski definition) is 1. The van der Waals surface area contributed by atoms with E-state index in [1.54, 1.807) is 7.11 Å². The first kappa shape index (κ1) is 28.8. The van der Waals surface area contributed by atoms with Crippen LogP contribution < -0.4 is 20.1 Å². The Morgan fingerprint density at radius 3 is 2.30 bits per heavy atom. The molecule has 6 rings (SSSR count). The molecule has 2 aliphatic heterocycles. The average molecular weight is 578 g/mol. The topological polar surface area (TPSA) is 77.3 Å². The lowest BCUT2D eigenvalue weighted by atomic mass is 9.88. The van der Waals surface area contributed by atoms with Gasteiger partial charge in [0.1, 0.15) is 24.1 Å². The van der Waals surface area contributed by atoms with E-state index in [1.807, 2.05) is 18.2 Å². The van der Waals surface area contributed by atoms with Crippen molar-refractivity contribution in [3.05, 3.63) is 125 Å². The van der Waals surface area contributed by atoms with Gasteiger partial charge in [-0.25, -0.2) is 0 Å². The van der Waals surface area contributed by atoms with Crippen molar-refractivity contribution in [2.45, 2.75) is 31.5 Å². The van der Waals surface area contributed by atoms with Crippen LogP contribution in [0.5, 0.6) is 11.5 Å². The number of primary amides is 1. The van der Waals surface area contributed by atoms with E-state index in [1.165, 1.54) is 16.7 Å². The van der Waals surface area contributed by atoms with Crippen LogP contribution in [0, 0.1) is 0 Å². The molecule has 2 N–H and O–H groups in total. The molecule has 1 saturated heterocycles.